The molecular formula is C39H59NO9. The van der Waals surface area contributed by atoms with Crippen LogP contribution in [0.1, 0.15) is 80.1 Å². The molecule has 1 spiro atoms. The Hall–Kier alpha value is -1.89. The van der Waals surface area contributed by atoms with Crippen molar-refractivity contribution in [1.29, 1.82) is 0 Å². The van der Waals surface area contributed by atoms with Crippen LogP contribution in [0.25, 0.3) is 0 Å². The summed E-state index contributed by atoms with van der Waals surface area (Å²) in [5, 5.41) is 23.4. The second kappa shape index (κ2) is 15.4. The monoisotopic (exact) mass is 685 g/mol. The zero-order valence-corrected chi connectivity index (χ0v) is 30.3. The molecule has 0 amide bonds. The van der Waals surface area contributed by atoms with Crippen LogP contribution in [-0.4, -0.2) is 109 Å². The third-order valence-electron chi connectivity index (χ3n) is 11.9. The van der Waals surface area contributed by atoms with Gasteiger partial charge in [0.05, 0.1) is 31.5 Å². The molecule has 0 aromatic heterocycles. The topological polar surface area (TPSA) is 116 Å². The van der Waals surface area contributed by atoms with Crippen molar-refractivity contribution in [2.75, 3.05) is 39.6 Å². The maximum absolute atomic E-state index is 14.2. The van der Waals surface area contributed by atoms with Crippen molar-refractivity contribution in [2.45, 2.75) is 128 Å². The van der Waals surface area contributed by atoms with Crippen LogP contribution in [0.5, 0.6) is 0 Å². The van der Waals surface area contributed by atoms with E-state index in [1.165, 1.54) is 0 Å². The van der Waals surface area contributed by atoms with Gasteiger partial charge in [0, 0.05) is 44.8 Å². The highest BCUT2D eigenvalue weighted by Crippen LogP contribution is 2.48. The molecule has 2 N–H and O–H groups in total. The number of hydrogen-bond donors (Lipinski definition) is 2. The van der Waals surface area contributed by atoms with E-state index in [9.17, 15) is 15.0 Å². The number of hydrogen-bond acceptors (Lipinski definition) is 10. The van der Waals surface area contributed by atoms with E-state index in [2.05, 4.69) is 45.6 Å². The molecule has 49 heavy (non-hydrogen) atoms. The molecule has 10 heteroatoms. The van der Waals surface area contributed by atoms with Gasteiger partial charge in [0.1, 0.15) is 36.6 Å². The molecule has 0 aromatic rings. The van der Waals surface area contributed by atoms with Crippen LogP contribution < -0.4 is 0 Å². The van der Waals surface area contributed by atoms with E-state index < -0.39 is 41.6 Å². The average molecular weight is 686 g/mol. The minimum atomic E-state index is -1.75. The van der Waals surface area contributed by atoms with Crippen LogP contribution in [0.15, 0.2) is 47.1 Å². The Labute approximate surface area is 292 Å². The third-order valence-corrected chi connectivity index (χ3v) is 11.9. The van der Waals surface area contributed by atoms with Gasteiger partial charge in [-0.3, -0.25) is 9.69 Å². The van der Waals surface area contributed by atoms with Crippen LogP contribution in [0.3, 0.4) is 0 Å². The molecule has 274 valence electrons. The Morgan fingerprint density at radius 2 is 1.94 bits per heavy atom. The number of carbonyl (C=O) groups is 1. The van der Waals surface area contributed by atoms with E-state index in [0.29, 0.717) is 48.9 Å². The van der Waals surface area contributed by atoms with Gasteiger partial charge in [-0.15, -0.1) is 0 Å². The lowest BCUT2D eigenvalue weighted by Crippen LogP contribution is -2.58. The fourth-order valence-corrected chi connectivity index (χ4v) is 8.49. The van der Waals surface area contributed by atoms with Gasteiger partial charge < -0.3 is 38.6 Å². The van der Waals surface area contributed by atoms with Crippen LogP contribution in [-0.2, 0) is 33.2 Å². The van der Waals surface area contributed by atoms with Crippen molar-refractivity contribution in [3.8, 4) is 0 Å². The predicted molar refractivity (Wildman–Crippen MR) is 184 cm³/mol. The molecule has 1 unspecified atom stereocenters. The number of ether oxygens (including phenoxy) is 6. The largest absolute Gasteiger partial charge is 0.462 e. The number of rotatable bonds is 8. The van der Waals surface area contributed by atoms with Crippen molar-refractivity contribution in [2.24, 2.45) is 23.7 Å². The van der Waals surface area contributed by atoms with Gasteiger partial charge in [-0.2, -0.15) is 0 Å². The van der Waals surface area contributed by atoms with Gasteiger partial charge in [-0.05, 0) is 55.2 Å². The average Bonchev–Trinajstić information content (AvgIpc) is 3.84. The number of nitrogens with zero attached hydrogens (tertiary/aromatic N) is 1. The molecule has 5 aliphatic heterocycles. The van der Waals surface area contributed by atoms with E-state index >= 15 is 0 Å². The lowest BCUT2D eigenvalue weighted by atomic mass is 9.71. The Morgan fingerprint density at radius 1 is 1.14 bits per heavy atom. The second-order valence-electron chi connectivity index (χ2n) is 15.6. The number of esters is 1. The summed E-state index contributed by atoms with van der Waals surface area (Å²) in [6.07, 6.45) is 10.9. The first kappa shape index (κ1) is 36.9. The van der Waals surface area contributed by atoms with E-state index in [0.717, 1.165) is 44.5 Å². The van der Waals surface area contributed by atoms with Crippen molar-refractivity contribution in [3.05, 3.63) is 47.1 Å². The number of aliphatic hydroxyl groups is 2. The highest BCUT2D eigenvalue weighted by atomic mass is 16.7. The van der Waals surface area contributed by atoms with Crippen molar-refractivity contribution < 1.29 is 43.4 Å². The first-order chi connectivity index (χ1) is 23.4. The highest BCUT2D eigenvalue weighted by molar-refractivity contribution is 5.78. The van der Waals surface area contributed by atoms with E-state index in [1.807, 2.05) is 18.2 Å². The fourth-order valence-electron chi connectivity index (χ4n) is 8.49. The molecule has 12 atom stereocenters. The highest BCUT2D eigenvalue weighted by Gasteiger charge is 2.60. The van der Waals surface area contributed by atoms with E-state index in [4.69, 9.17) is 28.4 Å². The number of aliphatic hydroxyl groups excluding tert-OH is 1. The minimum Gasteiger partial charge on any atom is -0.462 e. The van der Waals surface area contributed by atoms with E-state index in [1.54, 1.807) is 13.0 Å². The third kappa shape index (κ3) is 7.97. The maximum Gasteiger partial charge on any atom is 0.316 e. The summed E-state index contributed by atoms with van der Waals surface area (Å²) >= 11 is 0. The van der Waals surface area contributed by atoms with Crippen LogP contribution in [0.4, 0.5) is 0 Å². The number of fused-ring (bicyclic) bond motifs is 2. The summed E-state index contributed by atoms with van der Waals surface area (Å²) in [4.78, 5) is 16.5. The molecule has 5 heterocycles. The van der Waals surface area contributed by atoms with Gasteiger partial charge in [-0.1, -0.05) is 64.5 Å². The Morgan fingerprint density at radius 3 is 2.69 bits per heavy atom. The number of allylic oxidation sites excluding steroid dienone is 2. The van der Waals surface area contributed by atoms with Gasteiger partial charge in [0.25, 0.3) is 0 Å². The first-order valence-electron chi connectivity index (χ1n) is 18.7. The summed E-state index contributed by atoms with van der Waals surface area (Å²) in [5.74, 6) is -1.70. The molecule has 10 nitrogen and oxygen atoms in total. The molecule has 0 radical (unpaired) electrons. The van der Waals surface area contributed by atoms with E-state index in [-0.39, 0.29) is 37.6 Å². The molecule has 0 saturated carbocycles. The molecule has 2 bridgehead atoms. The zero-order chi connectivity index (χ0) is 34.9. The summed E-state index contributed by atoms with van der Waals surface area (Å²) in [6.45, 7) is 16.7. The van der Waals surface area contributed by atoms with Crippen LogP contribution >= 0.6 is 0 Å². The summed E-state index contributed by atoms with van der Waals surface area (Å²) in [6, 6.07) is 0. The quantitative estimate of drug-likeness (QED) is 0.121. The van der Waals surface area contributed by atoms with Gasteiger partial charge in [0.2, 0.25) is 0 Å². The standard InChI is InChI=1S/C39H59NO9/c1-7-24(2)35-27(5)13-14-38(49-35)21-31-20-30(48-38)12-11-26(4)34(46-23-44-18-17-40-15-16-40)25(3)9-8-10-29-22-45-36-33(41)28(6)19-32(37(42)47-31)39(29,36)43/h8-11,19,24-25,27,30-36,41,43H,7,12-18,20-23H2,1-6H3/b9-8+,26-11+,29-10+/t24?,25-,27-,30+,31-,32-,33+,34-,35+,36+,38+,39+/m0/s1. The normalized spacial score (nSPS) is 44.9. The Kier molecular flexibility index (Phi) is 11.6. The van der Waals surface area contributed by atoms with Crippen LogP contribution in [0.2, 0.25) is 0 Å². The SMILES string of the molecule is CCC(C)[C@H]1O[C@]2(CC[C@@H]1C)C[C@@H]1C[C@@H](C/C=C(\C)[C@@H](OCOCCN3CC3)[C@@H](C)/C=C/C=C3\CO[C@@H]4[C@H](O)C(C)=C[C@@H](C(=O)O1)[C@]34O)O2. The molecular weight excluding hydrogens is 626 g/mol. The zero-order valence-electron chi connectivity index (χ0n) is 30.3. The molecule has 4 fully saturated rings. The molecule has 4 saturated heterocycles. The van der Waals surface area contributed by atoms with Gasteiger partial charge in [0.15, 0.2) is 5.79 Å². The minimum absolute atomic E-state index is 0.0322. The lowest BCUT2D eigenvalue weighted by Gasteiger charge is -2.51. The van der Waals surface area contributed by atoms with Gasteiger partial charge in [-0.25, -0.2) is 0 Å². The summed E-state index contributed by atoms with van der Waals surface area (Å²) in [5.41, 5.74) is 0.426. The molecule has 6 rings (SSSR count). The number of carbonyl (C=O) groups excluding carboxylic acids is 1. The van der Waals surface area contributed by atoms with Crippen LogP contribution in [0, 0.1) is 23.7 Å². The molecule has 0 aromatic carbocycles. The molecule has 1 aliphatic carbocycles. The summed E-state index contributed by atoms with van der Waals surface area (Å²) in [7, 11) is 0. The summed E-state index contributed by atoms with van der Waals surface area (Å²) < 4.78 is 38.4. The van der Waals surface area contributed by atoms with Crippen molar-refractivity contribution in [3.63, 3.8) is 0 Å². The lowest BCUT2D eigenvalue weighted by molar-refractivity contribution is -0.340. The predicted octanol–water partition coefficient (Wildman–Crippen LogP) is 4.85. The smallest absolute Gasteiger partial charge is 0.316 e. The second-order valence-corrected chi connectivity index (χ2v) is 15.6. The Balaban J connectivity index is 1.32. The Bertz CT molecular complexity index is 1300. The fraction of sp³-hybridized carbons (Fsp3) is 0.769. The van der Waals surface area contributed by atoms with Crippen molar-refractivity contribution >= 4 is 5.97 Å². The molecule has 6 aliphatic rings. The van der Waals surface area contributed by atoms with Gasteiger partial charge >= 0.3 is 5.97 Å². The van der Waals surface area contributed by atoms with Crippen molar-refractivity contribution in [1.82, 2.24) is 4.90 Å². The maximum atomic E-state index is 14.2. The first-order valence-corrected chi connectivity index (χ1v) is 18.7.